The van der Waals surface area contributed by atoms with Gasteiger partial charge in [0.2, 0.25) is 5.95 Å². The number of para-hydroxylation sites is 1. The number of anilines is 7. The minimum Gasteiger partial charge on any atom is -0.371 e. The molecule has 350 valence electrons. The molecule has 0 spiro atoms. The lowest BCUT2D eigenvalue weighted by molar-refractivity contribution is 0.0809. The lowest BCUT2D eigenvalue weighted by Gasteiger charge is -2.44. The molecule has 1 atom stereocenters. The van der Waals surface area contributed by atoms with E-state index in [1.165, 1.54) is 46.6 Å². The predicted molar refractivity (Wildman–Crippen MR) is 267 cm³/mol. The normalized spacial score (nSPS) is 21.0. The van der Waals surface area contributed by atoms with Gasteiger partial charge in [-0.1, -0.05) is 39.1 Å². The molecule has 4 aromatic rings. The maximum Gasteiger partial charge on any atom is 0.229 e. The Kier molecular flexibility index (Phi) is 13.4. The largest absolute Gasteiger partial charge is 0.371 e. The first-order valence-corrected chi connectivity index (χ1v) is 25.7. The molecule has 6 aliphatic rings. The van der Waals surface area contributed by atoms with Gasteiger partial charge in [0.1, 0.15) is 16.5 Å². The fourth-order valence-electron chi connectivity index (χ4n) is 11.3. The van der Waals surface area contributed by atoms with Crippen molar-refractivity contribution in [3.05, 3.63) is 107 Å². The molecule has 10 nitrogen and oxygen atoms in total. The van der Waals surface area contributed by atoms with Gasteiger partial charge in [-0.25, -0.2) is 18.1 Å². The Balaban J connectivity index is 0.694. The van der Waals surface area contributed by atoms with E-state index in [0.717, 1.165) is 127 Å². The third-order valence-electron chi connectivity index (χ3n) is 15.1. The Morgan fingerprint density at radius 3 is 2.29 bits per heavy atom. The highest BCUT2D eigenvalue weighted by atomic mass is 32.2. The summed E-state index contributed by atoms with van der Waals surface area (Å²) in [7, 11) is 0. The molecule has 4 fully saturated rings. The molecule has 1 unspecified atom stereocenters. The zero-order chi connectivity index (χ0) is 45.5. The highest BCUT2D eigenvalue weighted by Crippen LogP contribution is 2.54. The predicted octanol–water partition coefficient (Wildman–Crippen LogP) is 11.1. The minimum atomic E-state index is -0.480. The van der Waals surface area contributed by atoms with Gasteiger partial charge in [-0.05, 0) is 124 Å². The minimum absolute atomic E-state index is 0.121. The Hall–Kier alpha value is -4.57. The van der Waals surface area contributed by atoms with E-state index in [2.05, 4.69) is 96.9 Å². The van der Waals surface area contributed by atoms with Crippen molar-refractivity contribution in [3.8, 4) is 0 Å². The lowest BCUT2D eigenvalue weighted by Crippen LogP contribution is -2.53. The molecule has 6 aliphatic heterocycles. The number of nitrogens with one attached hydrogen (secondary N) is 2. The van der Waals surface area contributed by atoms with Crippen LogP contribution in [0.2, 0.25) is 0 Å². The van der Waals surface area contributed by atoms with Crippen LogP contribution >= 0.6 is 24.3 Å². The summed E-state index contributed by atoms with van der Waals surface area (Å²) in [6.45, 7) is 22.6. The van der Waals surface area contributed by atoms with Crippen molar-refractivity contribution >= 4 is 64.5 Å². The molecule has 10 rings (SSSR count). The summed E-state index contributed by atoms with van der Waals surface area (Å²) in [5.74, 6) is 0.314. The topological polar surface area (TPSA) is 69.3 Å². The van der Waals surface area contributed by atoms with Gasteiger partial charge in [0.15, 0.2) is 5.82 Å². The summed E-state index contributed by atoms with van der Waals surface area (Å²) in [5, 5.41) is 6.64. The van der Waals surface area contributed by atoms with Gasteiger partial charge >= 0.3 is 0 Å². The van der Waals surface area contributed by atoms with Gasteiger partial charge in [0, 0.05) is 105 Å². The Morgan fingerprint density at radius 2 is 1.58 bits per heavy atom. The molecule has 2 N–H and O–H groups in total. The number of aryl methyl sites for hydroxylation is 2. The number of benzene rings is 3. The van der Waals surface area contributed by atoms with Crippen molar-refractivity contribution in [1.29, 1.82) is 0 Å². The van der Waals surface area contributed by atoms with Crippen LogP contribution in [0.5, 0.6) is 0 Å². The second kappa shape index (κ2) is 19.6. The first kappa shape index (κ1) is 45.2. The molecule has 7 heterocycles. The number of rotatable bonds is 13. The molecule has 0 aliphatic carbocycles. The molecule has 0 bridgehead atoms. The monoisotopic (exact) mass is 936 g/mol. The number of piperazine rings is 1. The van der Waals surface area contributed by atoms with Crippen LogP contribution in [0.1, 0.15) is 87.0 Å². The van der Waals surface area contributed by atoms with E-state index < -0.39 is 11.6 Å². The Labute approximate surface area is 397 Å². The van der Waals surface area contributed by atoms with E-state index in [4.69, 9.17) is 4.98 Å². The maximum atomic E-state index is 15.4. The molecular formula is C51H63F3N10S2. The molecule has 4 saturated heterocycles. The fraction of sp³-hybridized carbons (Fsp3) is 0.490. The first-order valence-electron chi connectivity index (χ1n) is 24.2. The van der Waals surface area contributed by atoms with Crippen LogP contribution in [0, 0.1) is 17.6 Å². The van der Waals surface area contributed by atoms with Gasteiger partial charge < -0.3 is 25.3 Å². The summed E-state index contributed by atoms with van der Waals surface area (Å²) in [4.78, 5) is 20.0. The van der Waals surface area contributed by atoms with Crippen LogP contribution in [-0.2, 0) is 19.3 Å². The van der Waals surface area contributed by atoms with Crippen LogP contribution in [-0.4, -0.2) is 91.3 Å². The van der Waals surface area contributed by atoms with Crippen molar-refractivity contribution in [2.45, 2.75) is 94.9 Å². The molecule has 66 heavy (non-hydrogen) atoms. The third kappa shape index (κ3) is 9.09. The molecule has 1 aromatic heterocycles. The summed E-state index contributed by atoms with van der Waals surface area (Å²) in [6.07, 6.45) is 11.3. The van der Waals surface area contributed by atoms with E-state index in [1.54, 1.807) is 18.3 Å². The van der Waals surface area contributed by atoms with Gasteiger partial charge in [-0.3, -0.25) is 9.21 Å². The van der Waals surface area contributed by atoms with Crippen LogP contribution in [0.15, 0.2) is 78.1 Å². The molecule has 15 heteroatoms. The number of hydrogen-bond donors (Lipinski definition) is 2. The highest BCUT2D eigenvalue weighted by Gasteiger charge is 2.37. The molecule has 0 amide bonds. The second-order valence-corrected chi connectivity index (χ2v) is 20.5. The van der Waals surface area contributed by atoms with Gasteiger partial charge in [0.05, 0.1) is 41.9 Å². The van der Waals surface area contributed by atoms with E-state index in [-0.39, 0.29) is 23.6 Å². The van der Waals surface area contributed by atoms with Gasteiger partial charge in [0.25, 0.3) is 0 Å². The van der Waals surface area contributed by atoms with Crippen molar-refractivity contribution in [2.24, 2.45) is 5.92 Å². The molecular weight excluding hydrogens is 874 g/mol. The fourth-order valence-corrected chi connectivity index (χ4v) is 12.8. The number of allylic oxidation sites excluding steroid dienone is 2. The van der Waals surface area contributed by atoms with E-state index in [1.807, 2.05) is 4.31 Å². The number of aromatic nitrogens is 2. The number of halogens is 3. The van der Waals surface area contributed by atoms with Crippen molar-refractivity contribution in [1.82, 2.24) is 25.1 Å². The lowest BCUT2D eigenvalue weighted by atomic mass is 9.87. The van der Waals surface area contributed by atoms with Crippen LogP contribution in [0.4, 0.5) is 52.9 Å². The Bertz CT molecular complexity index is 2420. The smallest absolute Gasteiger partial charge is 0.229 e. The molecule has 3 aromatic carbocycles. The van der Waals surface area contributed by atoms with Crippen molar-refractivity contribution in [3.63, 3.8) is 0 Å². The van der Waals surface area contributed by atoms with Crippen molar-refractivity contribution < 1.29 is 12.7 Å². The van der Waals surface area contributed by atoms with E-state index in [0.29, 0.717) is 52.8 Å². The summed E-state index contributed by atoms with van der Waals surface area (Å²) in [5.41, 5.74) is 10.7. The first-order chi connectivity index (χ1) is 32.2. The van der Waals surface area contributed by atoms with Crippen molar-refractivity contribution in [2.75, 3.05) is 89.2 Å². The summed E-state index contributed by atoms with van der Waals surface area (Å²) >= 11 is 1.77. The van der Waals surface area contributed by atoms with Gasteiger partial charge in [-0.2, -0.15) is 8.87 Å². The quantitative estimate of drug-likeness (QED) is 0.126. The third-order valence-corrected chi connectivity index (χ3v) is 16.7. The molecule has 0 radical (unpaired) electrons. The Morgan fingerprint density at radius 1 is 0.833 bits per heavy atom. The average molecular weight is 937 g/mol. The zero-order valence-electron chi connectivity index (χ0n) is 38.4. The number of nitrogens with zero attached hydrogens (tertiary/aromatic N) is 8. The molecule has 0 saturated carbocycles. The van der Waals surface area contributed by atoms with Crippen LogP contribution in [0.25, 0.3) is 0 Å². The second-order valence-electron chi connectivity index (χ2n) is 18.9. The highest BCUT2D eigenvalue weighted by molar-refractivity contribution is 8.02. The van der Waals surface area contributed by atoms with Crippen LogP contribution < -0.4 is 29.0 Å². The summed E-state index contributed by atoms with van der Waals surface area (Å²) < 4.78 is 49.4. The SMILES string of the molecule is C=C1CCC(c2c(F)cc(N3CCC(CCN4CCN(C5CCN(c6cc(CC)c(Nc7ncc(SF)c(N8SN9CCc%10cccc8c%109)n7)cc6CC)CC5)CC4)CC3)cc2F)C(=C)N1. The zero-order valence-corrected chi connectivity index (χ0v) is 40.1. The standard InChI is InChI=1S/C51H63F3N10S2/c1-5-36-29-46(37(6-2)28-44(36)57-51-55-32-47(65-54)50(58-51)64-45-9-7-8-38-15-23-63(66-64)49(38)45)62-21-16-39(17-22-62)61-26-24-59(25-27-61)18-12-35-13-19-60(20-14-35)40-30-42(52)48(43(53)31-40)41-11-10-33(3)56-34(41)4/h7-9,28-32,35,39,41,56H,3-6,10-27H2,1-2H3,(H,55,57,58). The maximum absolute atomic E-state index is 15.4. The average Bonchev–Trinajstić information content (AvgIpc) is 3.94. The number of piperidine rings is 3. The summed E-state index contributed by atoms with van der Waals surface area (Å²) in [6, 6.07) is 14.6. The van der Waals surface area contributed by atoms with E-state index >= 15 is 8.78 Å². The van der Waals surface area contributed by atoms with Gasteiger partial charge in [-0.15, -0.1) is 0 Å². The number of hydrogen-bond acceptors (Lipinski definition) is 12. The van der Waals surface area contributed by atoms with Crippen LogP contribution in [0.3, 0.4) is 0 Å². The van der Waals surface area contributed by atoms with E-state index in [9.17, 15) is 3.89 Å².